The molecule has 0 aliphatic carbocycles. The van der Waals surface area contributed by atoms with Crippen molar-refractivity contribution in [2.24, 2.45) is 5.73 Å². The molecule has 0 spiro atoms. The predicted molar refractivity (Wildman–Crippen MR) is 38.3 cm³/mol. The second-order valence-electron chi connectivity index (χ2n) is 1.06. The first kappa shape index (κ1) is 10.1. The lowest BCUT2D eigenvalue weighted by Gasteiger charge is -1.75. The lowest BCUT2D eigenvalue weighted by Crippen LogP contribution is -1.93. The first-order chi connectivity index (χ1) is 3.83. The molecule has 0 heterocycles. The van der Waals surface area contributed by atoms with Crippen LogP contribution in [0.1, 0.15) is 6.92 Å². The topological polar surface area (TPSA) is 38.0 Å². The maximum absolute atomic E-state index is 4.90. The largest absolute Gasteiger partial charge is 0.403 e. The van der Waals surface area contributed by atoms with Crippen molar-refractivity contribution < 1.29 is 0 Å². The van der Waals surface area contributed by atoms with Crippen molar-refractivity contribution in [3.05, 3.63) is 25.1 Å². The minimum Gasteiger partial charge on any atom is -0.403 e. The maximum Gasteiger partial charge on any atom is 0.0119 e. The second kappa shape index (κ2) is 16.5. The summed E-state index contributed by atoms with van der Waals surface area (Å²) in [5.41, 5.74) is 4.90. The van der Waals surface area contributed by atoms with E-state index in [1.54, 1.807) is 19.3 Å². The molecular weight excluding hydrogens is 100 g/mol. The third-order valence-corrected chi connectivity index (χ3v) is 0.263. The molecule has 0 unspecified atom stereocenters. The molecule has 2 heteroatoms. The third-order valence-electron chi connectivity index (χ3n) is 0.263. The van der Waals surface area contributed by atoms with Gasteiger partial charge in [0, 0.05) is 19.4 Å². The molecule has 3 N–H and O–H groups in total. The number of allylic oxidation sites excluding steroid dienone is 1. The Morgan fingerprint density at radius 3 is 2.00 bits per heavy atom. The van der Waals surface area contributed by atoms with E-state index in [1.807, 2.05) is 6.92 Å². The van der Waals surface area contributed by atoms with Gasteiger partial charge in [-0.3, -0.25) is 0 Å². The maximum atomic E-state index is 4.90. The minimum atomic E-state index is 1.44. The van der Waals surface area contributed by atoms with E-state index in [1.165, 1.54) is 6.20 Å². The quantitative estimate of drug-likeness (QED) is 0.495. The Balaban J connectivity index is 0. The van der Waals surface area contributed by atoms with E-state index >= 15 is 0 Å². The van der Waals surface area contributed by atoms with Gasteiger partial charge in [0.15, 0.2) is 0 Å². The van der Waals surface area contributed by atoms with Gasteiger partial charge in [-0.25, -0.2) is 0 Å². The van der Waals surface area contributed by atoms with Gasteiger partial charge in [-0.1, -0.05) is 6.08 Å². The molecule has 0 bridgehead atoms. The van der Waals surface area contributed by atoms with Gasteiger partial charge in [-0.15, -0.1) is 6.58 Å². The highest BCUT2D eigenvalue weighted by Crippen LogP contribution is 1.41. The van der Waals surface area contributed by atoms with E-state index in [0.717, 1.165) is 0 Å². The molecule has 0 saturated carbocycles. The van der Waals surface area contributed by atoms with E-state index in [4.69, 9.17) is 5.73 Å². The lowest BCUT2D eigenvalue weighted by atomic mass is 10.8. The van der Waals surface area contributed by atoms with Crippen LogP contribution in [0.5, 0.6) is 0 Å². The highest BCUT2D eigenvalue weighted by atomic mass is 14.8. The van der Waals surface area contributed by atoms with E-state index in [0.29, 0.717) is 0 Å². The van der Waals surface area contributed by atoms with Crippen LogP contribution in [0.25, 0.3) is 0 Å². The van der Waals surface area contributed by atoms with Gasteiger partial charge in [-0.05, 0) is 6.92 Å². The molecule has 48 valence electrons. The molecule has 0 aromatic rings. The first-order valence-electron chi connectivity index (χ1n) is 2.44. The molecule has 0 aromatic carbocycles. The van der Waals surface area contributed by atoms with Crippen molar-refractivity contribution in [3.8, 4) is 0 Å². The molecule has 0 aromatic heterocycles. The van der Waals surface area contributed by atoms with Crippen LogP contribution in [0.4, 0.5) is 0 Å². The highest BCUT2D eigenvalue weighted by Gasteiger charge is 1.45. The molecule has 0 rings (SSSR count). The Labute approximate surface area is 51.1 Å². The average molecular weight is 114 g/mol. The van der Waals surface area contributed by atoms with Crippen molar-refractivity contribution in [3.63, 3.8) is 0 Å². The normalized spacial score (nSPS) is 7.25. The molecule has 0 aliphatic heterocycles. The summed E-state index contributed by atoms with van der Waals surface area (Å²) < 4.78 is 0. The van der Waals surface area contributed by atoms with Gasteiger partial charge >= 0.3 is 0 Å². The van der Waals surface area contributed by atoms with Gasteiger partial charge in [0.05, 0.1) is 0 Å². The number of hydrogen-bond donors (Lipinski definition) is 2. The third kappa shape index (κ3) is 72.5. The van der Waals surface area contributed by atoms with Crippen LogP contribution in [0.15, 0.2) is 25.1 Å². The minimum absolute atomic E-state index is 1.44. The summed E-state index contributed by atoms with van der Waals surface area (Å²) >= 11 is 0. The first-order valence-corrected chi connectivity index (χ1v) is 2.44. The van der Waals surface area contributed by atoms with Crippen molar-refractivity contribution >= 4 is 0 Å². The van der Waals surface area contributed by atoms with Crippen LogP contribution in [-0.2, 0) is 0 Å². The van der Waals surface area contributed by atoms with Gasteiger partial charge in [-0.2, -0.15) is 0 Å². The van der Waals surface area contributed by atoms with E-state index in [2.05, 4.69) is 11.9 Å². The summed E-state index contributed by atoms with van der Waals surface area (Å²) in [6, 6.07) is 0. The molecule has 0 fully saturated rings. The second-order valence-corrected chi connectivity index (χ2v) is 1.06. The Morgan fingerprint density at radius 2 is 2.00 bits per heavy atom. The molecule has 0 aliphatic rings. The van der Waals surface area contributed by atoms with Crippen LogP contribution in [-0.4, -0.2) is 7.05 Å². The Bertz CT molecular complexity index is 57.5. The summed E-state index contributed by atoms with van der Waals surface area (Å²) in [5.74, 6) is 0. The summed E-state index contributed by atoms with van der Waals surface area (Å²) in [6.45, 7) is 5.25. The van der Waals surface area contributed by atoms with Gasteiger partial charge in [0.1, 0.15) is 0 Å². The fraction of sp³-hybridized carbons (Fsp3) is 0.333. The zero-order valence-electron chi connectivity index (χ0n) is 5.52. The number of rotatable bonds is 1. The van der Waals surface area contributed by atoms with Crippen LogP contribution in [0.3, 0.4) is 0 Å². The zero-order valence-corrected chi connectivity index (χ0v) is 5.52. The summed E-state index contributed by atoms with van der Waals surface area (Å²) in [6.07, 6.45) is 4.85. The van der Waals surface area contributed by atoms with Gasteiger partial charge in [0.25, 0.3) is 0 Å². The predicted octanol–water partition coefficient (Wildman–Crippen LogP) is 0.828. The van der Waals surface area contributed by atoms with Crippen molar-refractivity contribution in [1.29, 1.82) is 0 Å². The molecular formula is C6H14N2. The summed E-state index contributed by atoms with van der Waals surface area (Å²) in [5, 5.41) is 2.71. The number of nitrogens with one attached hydrogen (secondary N) is 1. The van der Waals surface area contributed by atoms with Gasteiger partial charge in [0.2, 0.25) is 0 Å². The van der Waals surface area contributed by atoms with E-state index in [-0.39, 0.29) is 0 Å². The molecule has 0 amide bonds. The van der Waals surface area contributed by atoms with Crippen LogP contribution < -0.4 is 11.1 Å². The molecule has 0 saturated heterocycles. The molecule has 2 nitrogen and oxygen atoms in total. The average Bonchev–Trinajstić information content (AvgIpc) is 1.71. The number of nitrogens with two attached hydrogens (primary N) is 1. The van der Waals surface area contributed by atoms with Gasteiger partial charge < -0.3 is 11.1 Å². The van der Waals surface area contributed by atoms with E-state index < -0.39 is 0 Å². The Morgan fingerprint density at radius 1 is 1.62 bits per heavy atom. The van der Waals surface area contributed by atoms with Crippen molar-refractivity contribution in [2.45, 2.75) is 6.92 Å². The standard InChI is InChI=1S/C3H8N2.C3H6/c1-5-3-2-4;1-3-2/h2-3,5H,4H2,1H3;3H,1H2,2H3/b3-2-;. The SMILES string of the molecule is C=CC.CN/C=C\N. The smallest absolute Gasteiger partial charge is 0.0119 e. The molecule has 0 atom stereocenters. The van der Waals surface area contributed by atoms with Crippen LogP contribution >= 0.6 is 0 Å². The fourth-order valence-electron chi connectivity index (χ4n) is 0.0962. The Hall–Kier alpha value is -0.920. The fourth-order valence-corrected chi connectivity index (χ4v) is 0.0962. The molecule has 0 radical (unpaired) electrons. The number of hydrogen-bond acceptors (Lipinski definition) is 2. The molecule has 8 heavy (non-hydrogen) atoms. The van der Waals surface area contributed by atoms with Crippen molar-refractivity contribution in [1.82, 2.24) is 5.32 Å². The van der Waals surface area contributed by atoms with Crippen molar-refractivity contribution in [2.75, 3.05) is 7.05 Å². The summed E-state index contributed by atoms with van der Waals surface area (Å²) in [4.78, 5) is 0. The highest BCUT2D eigenvalue weighted by molar-refractivity contribution is 4.68. The summed E-state index contributed by atoms with van der Waals surface area (Å²) in [7, 11) is 1.80. The van der Waals surface area contributed by atoms with Crippen LogP contribution in [0.2, 0.25) is 0 Å². The monoisotopic (exact) mass is 114 g/mol. The zero-order chi connectivity index (χ0) is 6.83. The van der Waals surface area contributed by atoms with Crippen LogP contribution in [0, 0.1) is 0 Å². The Kier molecular flexibility index (Phi) is 21.0. The lowest BCUT2D eigenvalue weighted by molar-refractivity contribution is 1.09. The van der Waals surface area contributed by atoms with E-state index in [9.17, 15) is 0 Å².